The molecular weight excluding hydrogens is 184 g/mol. The lowest BCUT2D eigenvalue weighted by Crippen LogP contribution is -2.16. The number of rotatable bonds is 2. The molecule has 0 unspecified atom stereocenters. The fourth-order valence-electron chi connectivity index (χ4n) is 1.90. The van der Waals surface area contributed by atoms with E-state index in [2.05, 4.69) is 46.6 Å². The maximum atomic E-state index is 4.71. The summed E-state index contributed by atoms with van der Waals surface area (Å²) in [6.45, 7) is 13.9. The van der Waals surface area contributed by atoms with Gasteiger partial charge in [0, 0.05) is 12.2 Å². The summed E-state index contributed by atoms with van der Waals surface area (Å²) in [6, 6.07) is 0. The lowest BCUT2D eigenvalue weighted by atomic mass is 9.98. The first kappa shape index (κ1) is 12.0. The number of nitrogens with zero attached hydrogens (tertiary/aromatic N) is 2. The number of hydrogen-bond donors (Lipinski definition) is 0. The third-order valence-corrected chi connectivity index (χ3v) is 3.36. The van der Waals surface area contributed by atoms with Gasteiger partial charge in [-0.15, -0.1) is 0 Å². The van der Waals surface area contributed by atoms with Crippen LogP contribution in [0, 0.1) is 0 Å². The Morgan fingerprint density at radius 1 is 0.933 bits per heavy atom. The Morgan fingerprint density at radius 3 is 2.00 bits per heavy atom. The van der Waals surface area contributed by atoms with Crippen molar-refractivity contribution in [2.45, 2.75) is 48.0 Å². The average Bonchev–Trinajstić information content (AvgIpc) is 2.33. The highest BCUT2D eigenvalue weighted by Crippen LogP contribution is 2.25. The van der Waals surface area contributed by atoms with Crippen LogP contribution >= 0.6 is 0 Å². The lowest BCUT2D eigenvalue weighted by molar-refractivity contribution is 0.382. The van der Waals surface area contributed by atoms with Crippen LogP contribution in [-0.4, -0.2) is 17.3 Å². The normalized spacial score (nSPS) is 18.3. The first-order chi connectivity index (χ1) is 7.02. The van der Waals surface area contributed by atoms with Crippen molar-refractivity contribution in [1.82, 2.24) is 5.01 Å². The van der Waals surface area contributed by atoms with Crippen molar-refractivity contribution in [3.63, 3.8) is 0 Å². The van der Waals surface area contributed by atoms with Crippen molar-refractivity contribution >= 4 is 5.71 Å². The van der Waals surface area contributed by atoms with Gasteiger partial charge < -0.3 is 0 Å². The first-order valence-electron chi connectivity index (χ1n) is 5.73. The van der Waals surface area contributed by atoms with Gasteiger partial charge in [-0.2, -0.15) is 5.10 Å². The van der Waals surface area contributed by atoms with E-state index in [1.54, 1.807) is 0 Å². The Morgan fingerprint density at radius 2 is 1.53 bits per heavy atom. The smallest absolute Gasteiger partial charge is 0.0638 e. The van der Waals surface area contributed by atoms with Crippen LogP contribution in [0.1, 0.15) is 48.0 Å². The van der Waals surface area contributed by atoms with E-state index in [4.69, 9.17) is 5.10 Å². The molecule has 2 heteroatoms. The molecule has 1 rings (SSSR count). The molecule has 0 saturated heterocycles. The van der Waals surface area contributed by atoms with Crippen LogP contribution in [0.3, 0.4) is 0 Å². The van der Waals surface area contributed by atoms with E-state index in [9.17, 15) is 0 Å². The molecule has 0 bridgehead atoms. The molecule has 84 valence electrons. The van der Waals surface area contributed by atoms with Crippen molar-refractivity contribution in [3.8, 4) is 0 Å². The summed E-state index contributed by atoms with van der Waals surface area (Å²) in [5, 5.41) is 6.81. The number of hydrogen-bond acceptors (Lipinski definition) is 2. The summed E-state index contributed by atoms with van der Waals surface area (Å²) in [5.41, 5.74) is 6.57. The topological polar surface area (TPSA) is 15.6 Å². The predicted octanol–water partition coefficient (Wildman–Crippen LogP) is 3.72. The van der Waals surface area contributed by atoms with Crippen LogP contribution in [-0.2, 0) is 0 Å². The molecule has 0 aromatic carbocycles. The molecule has 0 radical (unpaired) electrons. The average molecular weight is 206 g/mol. The van der Waals surface area contributed by atoms with E-state index in [1.807, 2.05) is 0 Å². The Hall–Kier alpha value is -1.05. The highest BCUT2D eigenvalue weighted by molar-refractivity contribution is 6.00. The predicted molar refractivity (Wildman–Crippen MR) is 66.9 cm³/mol. The van der Waals surface area contributed by atoms with E-state index in [0.29, 0.717) is 0 Å². The molecule has 0 fully saturated rings. The molecule has 0 amide bonds. The minimum atomic E-state index is 0.938. The zero-order valence-corrected chi connectivity index (χ0v) is 10.8. The maximum absolute atomic E-state index is 4.71. The summed E-state index contributed by atoms with van der Waals surface area (Å²) in [7, 11) is 0. The molecule has 1 heterocycles. The van der Waals surface area contributed by atoms with Gasteiger partial charge in [-0.3, -0.25) is 5.01 Å². The van der Waals surface area contributed by atoms with E-state index < -0.39 is 0 Å². The van der Waals surface area contributed by atoms with Crippen molar-refractivity contribution in [3.05, 3.63) is 22.4 Å². The van der Waals surface area contributed by atoms with Gasteiger partial charge in [0.1, 0.15) is 0 Å². The third-order valence-electron chi connectivity index (χ3n) is 3.36. The van der Waals surface area contributed by atoms with Crippen molar-refractivity contribution in [1.29, 1.82) is 0 Å². The third kappa shape index (κ3) is 2.14. The summed E-state index contributed by atoms with van der Waals surface area (Å²) < 4.78 is 0. The molecule has 0 atom stereocenters. The molecule has 1 aliphatic rings. The van der Waals surface area contributed by atoms with E-state index in [-0.39, 0.29) is 0 Å². The van der Waals surface area contributed by atoms with Gasteiger partial charge in [-0.1, -0.05) is 6.92 Å². The van der Waals surface area contributed by atoms with Crippen LogP contribution in [0.5, 0.6) is 0 Å². The molecular formula is C13H22N2. The Balaban J connectivity index is 3.30. The second-order valence-corrected chi connectivity index (χ2v) is 4.08. The molecule has 0 aromatic rings. The van der Waals surface area contributed by atoms with Gasteiger partial charge >= 0.3 is 0 Å². The largest absolute Gasteiger partial charge is 0.270 e. The van der Waals surface area contributed by atoms with Crippen LogP contribution in [0.25, 0.3) is 0 Å². The first-order valence-corrected chi connectivity index (χ1v) is 5.73. The Labute approximate surface area is 93.4 Å². The number of allylic oxidation sites excluding steroid dienone is 4. The zero-order chi connectivity index (χ0) is 11.6. The molecule has 0 saturated carbocycles. The summed E-state index contributed by atoms with van der Waals surface area (Å²) >= 11 is 0. The summed E-state index contributed by atoms with van der Waals surface area (Å²) in [6.07, 6.45) is 1.00. The van der Waals surface area contributed by atoms with Crippen LogP contribution in [0.15, 0.2) is 27.5 Å². The molecule has 2 nitrogen and oxygen atoms in total. The second-order valence-electron chi connectivity index (χ2n) is 4.08. The Bertz CT molecular complexity index is 346. The number of hydrazone groups is 1. The zero-order valence-electron chi connectivity index (χ0n) is 10.8. The van der Waals surface area contributed by atoms with Gasteiger partial charge in [-0.25, -0.2) is 0 Å². The molecule has 15 heavy (non-hydrogen) atoms. The van der Waals surface area contributed by atoms with E-state index in [1.165, 1.54) is 28.1 Å². The van der Waals surface area contributed by atoms with E-state index >= 15 is 0 Å². The fourth-order valence-corrected chi connectivity index (χ4v) is 1.90. The minimum absolute atomic E-state index is 0.938. The van der Waals surface area contributed by atoms with Gasteiger partial charge in [-0.05, 0) is 57.8 Å². The van der Waals surface area contributed by atoms with Gasteiger partial charge in [0.15, 0.2) is 0 Å². The van der Waals surface area contributed by atoms with Crippen molar-refractivity contribution < 1.29 is 0 Å². The molecule has 0 aliphatic carbocycles. The quantitative estimate of drug-likeness (QED) is 0.672. The fraction of sp³-hybridized carbons (Fsp3) is 0.615. The van der Waals surface area contributed by atoms with Crippen molar-refractivity contribution in [2.24, 2.45) is 5.10 Å². The summed E-state index contributed by atoms with van der Waals surface area (Å²) in [5.74, 6) is 0. The second kappa shape index (κ2) is 4.65. The van der Waals surface area contributed by atoms with Crippen LogP contribution < -0.4 is 0 Å². The molecule has 0 N–H and O–H groups in total. The molecule has 0 aromatic heterocycles. The summed E-state index contributed by atoms with van der Waals surface area (Å²) in [4.78, 5) is 0. The Kier molecular flexibility index (Phi) is 3.72. The lowest BCUT2D eigenvalue weighted by Gasteiger charge is -2.19. The molecule has 1 aliphatic heterocycles. The van der Waals surface area contributed by atoms with Crippen LogP contribution in [0.4, 0.5) is 0 Å². The SMILES string of the molecule is CCC1=NN(CC)C(C)=C(C)C(C)=C1C. The van der Waals surface area contributed by atoms with Crippen LogP contribution in [0.2, 0.25) is 0 Å². The van der Waals surface area contributed by atoms with E-state index in [0.717, 1.165) is 13.0 Å². The maximum Gasteiger partial charge on any atom is 0.0638 e. The van der Waals surface area contributed by atoms with Crippen molar-refractivity contribution in [2.75, 3.05) is 6.54 Å². The highest BCUT2D eigenvalue weighted by atomic mass is 15.5. The van der Waals surface area contributed by atoms with Gasteiger partial charge in [0.05, 0.1) is 5.71 Å². The monoisotopic (exact) mass is 206 g/mol. The molecule has 0 spiro atoms. The van der Waals surface area contributed by atoms with Gasteiger partial charge in [0.2, 0.25) is 0 Å². The highest BCUT2D eigenvalue weighted by Gasteiger charge is 2.15. The minimum Gasteiger partial charge on any atom is -0.270 e. The standard InChI is InChI=1S/C13H22N2/c1-7-13-11(5)9(3)10(4)12(6)15(8-2)14-13/h7-8H2,1-6H3. The van der Waals surface area contributed by atoms with Gasteiger partial charge in [0.25, 0.3) is 0 Å².